The van der Waals surface area contributed by atoms with Crippen LogP contribution in [0, 0.1) is 13.8 Å². The quantitative estimate of drug-likeness (QED) is 0.900. The highest BCUT2D eigenvalue weighted by Gasteiger charge is 2.42. The van der Waals surface area contributed by atoms with Crippen molar-refractivity contribution in [3.63, 3.8) is 0 Å². The molecular weight excluding hydrogens is 308 g/mol. The Hall–Kier alpha value is -1.60. The first-order valence-corrected chi connectivity index (χ1v) is 8.79. The Morgan fingerprint density at radius 1 is 1.38 bits per heavy atom. The van der Waals surface area contributed by atoms with Gasteiger partial charge in [0, 0.05) is 39.1 Å². The molecule has 2 fully saturated rings. The number of aromatic nitrogens is 2. The number of aryl methyl sites for hydroxylation is 2. The van der Waals surface area contributed by atoms with Crippen molar-refractivity contribution >= 4 is 11.7 Å². The Kier molecular flexibility index (Phi) is 4.83. The monoisotopic (exact) mass is 336 g/mol. The Bertz CT molecular complexity index is 607. The highest BCUT2D eigenvalue weighted by molar-refractivity contribution is 5.90. The smallest absolute Gasteiger partial charge is 0.322 e. The minimum absolute atomic E-state index is 0.0307. The summed E-state index contributed by atoms with van der Waals surface area (Å²) in [4.78, 5) is 14.7. The number of hydrogen-bond donors (Lipinski definition) is 1. The molecule has 2 saturated heterocycles. The number of carbonyl (C=O) groups is 1. The van der Waals surface area contributed by atoms with Crippen molar-refractivity contribution in [1.82, 2.24) is 14.7 Å². The first-order valence-electron chi connectivity index (χ1n) is 8.79. The number of nitrogens with zero attached hydrogens (tertiary/aromatic N) is 3. The molecule has 0 radical (unpaired) electrons. The third-order valence-electron chi connectivity index (χ3n) is 5.01. The molecule has 1 aromatic rings. The molecule has 0 saturated carbocycles. The molecule has 2 aliphatic rings. The Morgan fingerprint density at radius 3 is 2.71 bits per heavy atom. The van der Waals surface area contributed by atoms with Gasteiger partial charge in [-0.1, -0.05) is 0 Å². The van der Waals surface area contributed by atoms with Crippen LogP contribution in [-0.2, 0) is 16.0 Å². The summed E-state index contributed by atoms with van der Waals surface area (Å²) < 4.78 is 13.6. The summed E-state index contributed by atoms with van der Waals surface area (Å²) in [5, 5.41) is 7.53. The number of nitrogens with one attached hydrogen (secondary N) is 1. The predicted octanol–water partition coefficient (Wildman–Crippen LogP) is 2.32. The molecule has 2 aliphatic heterocycles. The van der Waals surface area contributed by atoms with Gasteiger partial charge in [-0.2, -0.15) is 5.10 Å². The molecule has 1 N–H and O–H groups in total. The molecule has 7 heteroatoms. The first kappa shape index (κ1) is 17.2. The van der Waals surface area contributed by atoms with Gasteiger partial charge < -0.3 is 19.7 Å². The topological polar surface area (TPSA) is 68.6 Å². The van der Waals surface area contributed by atoms with Crippen LogP contribution in [0.5, 0.6) is 0 Å². The van der Waals surface area contributed by atoms with Crippen molar-refractivity contribution in [2.75, 3.05) is 31.6 Å². The first-order chi connectivity index (χ1) is 11.4. The molecule has 0 bridgehead atoms. The molecule has 1 atom stereocenters. The van der Waals surface area contributed by atoms with Gasteiger partial charge in [-0.05, 0) is 27.7 Å². The van der Waals surface area contributed by atoms with Gasteiger partial charge in [-0.15, -0.1) is 0 Å². The van der Waals surface area contributed by atoms with Gasteiger partial charge >= 0.3 is 6.03 Å². The average Bonchev–Trinajstić information content (AvgIpc) is 2.82. The van der Waals surface area contributed by atoms with E-state index in [0.29, 0.717) is 26.3 Å². The predicted molar refractivity (Wildman–Crippen MR) is 91.3 cm³/mol. The van der Waals surface area contributed by atoms with Gasteiger partial charge in [0.05, 0.1) is 35.3 Å². The summed E-state index contributed by atoms with van der Waals surface area (Å²) in [6.45, 7) is 11.4. The van der Waals surface area contributed by atoms with Crippen molar-refractivity contribution in [1.29, 1.82) is 0 Å². The molecule has 2 amide bonds. The van der Waals surface area contributed by atoms with Gasteiger partial charge in [0.15, 0.2) is 0 Å². The van der Waals surface area contributed by atoms with E-state index in [-0.39, 0.29) is 17.7 Å². The minimum atomic E-state index is -0.259. The van der Waals surface area contributed by atoms with Gasteiger partial charge in [-0.25, -0.2) is 4.79 Å². The average molecular weight is 336 g/mol. The van der Waals surface area contributed by atoms with E-state index >= 15 is 0 Å². The summed E-state index contributed by atoms with van der Waals surface area (Å²) >= 11 is 0. The van der Waals surface area contributed by atoms with Gasteiger partial charge in [0.1, 0.15) is 0 Å². The number of amides is 2. The van der Waals surface area contributed by atoms with Crippen molar-refractivity contribution in [2.45, 2.75) is 58.8 Å². The molecule has 3 rings (SSSR count). The van der Waals surface area contributed by atoms with E-state index in [1.54, 1.807) is 0 Å². The van der Waals surface area contributed by atoms with Crippen LogP contribution in [0.15, 0.2) is 0 Å². The molecule has 134 valence electrons. The molecule has 1 aromatic heterocycles. The highest BCUT2D eigenvalue weighted by atomic mass is 16.5. The number of hydrogen-bond acceptors (Lipinski definition) is 4. The summed E-state index contributed by atoms with van der Waals surface area (Å²) in [5.74, 6) is 0. The molecule has 1 unspecified atom stereocenters. The summed E-state index contributed by atoms with van der Waals surface area (Å²) in [6.07, 6.45) is 1.71. The van der Waals surface area contributed by atoms with E-state index in [4.69, 9.17) is 9.47 Å². The van der Waals surface area contributed by atoms with Crippen LogP contribution < -0.4 is 5.32 Å². The molecule has 3 heterocycles. The molecule has 0 aromatic carbocycles. The Balaban J connectivity index is 1.73. The van der Waals surface area contributed by atoms with Crippen molar-refractivity contribution < 1.29 is 14.3 Å². The second-order valence-corrected chi connectivity index (χ2v) is 6.90. The van der Waals surface area contributed by atoms with E-state index in [2.05, 4.69) is 10.4 Å². The molecule has 1 spiro atoms. The maximum atomic E-state index is 12.8. The van der Waals surface area contributed by atoms with Crippen LogP contribution >= 0.6 is 0 Å². The Morgan fingerprint density at radius 2 is 2.08 bits per heavy atom. The summed E-state index contributed by atoms with van der Waals surface area (Å²) in [7, 11) is 0. The number of urea groups is 1. The van der Waals surface area contributed by atoms with Crippen LogP contribution in [0.4, 0.5) is 10.5 Å². The summed E-state index contributed by atoms with van der Waals surface area (Å²) in [6, 6.07) is -0.0714. The maximum Gasteiger partial charge on any atom is 0.322 e. The maximum absolute atomic E-state index is 12.8. The SMILES string of the molecule is CCn1nc(C)c(NC(=O)N2CC(C)OC3(CCOCC3)C2)c1C. The lowest BCUT2D eigenvalue weighted by atomic mass is 9.91. The second-order valence-electron chi connectivity index (χ2n) is 6.90. The Labute approximate surface area is 143 Å². The number of anilines is 1. The number of rotatable bonds is 2. The standard InChI is InChI=1S/C17H28N4O3/c1-5-21-14(4)15(13(3)19-21)18-16(22)20-10-12(2)24-17(11-20)6-8-23-9-7-17/h12H,5-11H2,1-4H3,(H,18,22). The van der Waals surface area contributed by atoms with E-state index in [9.17, 15) is 4.79 Å². The number of carbonyl (C=O) groups excluding carboxylic acids is 1. The van der Waals surface area contributed by atoms with Gasteiger partial charge in [0.25, 0.3) is 0 Å². The van der Waals surface area contributed by atoms with Crippen LogP contribution in [0.3, 0.4) is 0 Å². The molecule has 24 heavy (non-hydrogen) atoms. The van der Waals surface area contributed by atoms with E-state index < -0.39 is 0 Å². The fraction of sp³-hybridized carbons (Fsp3) is 0.765. The van der Waals surface area contributed by atoms with Crippen LogP contribution in [0.1, 0.15) is 38.1 Å². The lowest BCUT2D eigenvalue weighted by Crippen LogP contribution is -2.59. The second kappa shape index (κ2) is 6.72. The molecule has 0 aliphatic carbocycles. The fourth-order valence-electron chi connectivity index (χ4n) is 3.77. The van der Waals surface area contributed by atoms with Crippen molar-refractivity contribution in [3.05, 3.63) is 11.4 Å². The zero-order valence-electron chi connectivity index (χ0n) is 15.1. The van der Waals surface area contributed by atoms with Crippen LogP contribution in [-0.4, -0.2) is 58.7 Å². The number of ether oxygens (including phenoxy) is 2. The normalized spacial score (nSPS) is 23.5. The van der Waals surface area contributed by atoms with E-state index in [1.165, 1.54) is 0 Å². The highest BCUT2D eigenvalue weighted by Crippen LogP contribution is 2.32. The minimum Gasteiger partial charge on any atom is -0.381 e. The summed E-state index contributed by atoms with van der Waals surface area (Å²) in [5.41, 5.74) is 2.41. The lowest BCUT2D eigenvalue weighted by Gasteiger charge is -2.47. The van der Waals surface area contributed by atoms with Crippen LogP contribution in [0.25, 0.3) is 0 Å². The van der Waals surface area contributed by atoms with Crippen LogP contribution in [0.2, 0.25) is 0 Å². The van der Waals surface area contributed by atoms with E-state index in [1.807, 2.05) is 37.3 Å². The fourth-order valence-corrected chi connectivity index (χ4v) is 3.77. The van der Waals surface area contributed by atoms with Crippen molar-refractivity contribution in [3.8, 4) is 0 Å². The number of morpholine rings is 1. The molecular formula is C17H28N4O3. The van der Waals surface area contributed by atoms with Gasteiger partial charge in [0.2, 0.25) is 0 Å². The lowest BCUT2D eigenvalue weighted by molar-refractivity contribution is -0.174. The zero-order chi connectivity index (χ0) is 17.3. The van der Waals surface area contributed by atoms with Gasteiger partial charge in [-0.3, -0.25) is 4.68 Å². The third-order valence-corrected chi connectivity index (χ3v) is 5.01. The largest absolute Gasteiger partial charge is 0.381 e. The third kappa shape index (κ3) is 3.28. The zero-order valence-corrected chi connectivity index (χ0v) is 15.1. The van der Waals surface area contributed by atoms with E-state index in [0.717, 1.165) is 36.5 Å². The van der Waals surface area contributed by atoms with Crippen molar-refractivity contribution in [2.24, 2.45) is 0 Å². The molecule has 7 nitrogen and oxygen atoms in total.